The molecule has 5 rings (SSSR count). The third-order valence-corrected chi connectivity index (χ3v) is 6.95. The van der Waals surface area contributed by atoms with Crippen molar-refractivity contribution >= 4 is 11.8 Å². The molecular formula is C26H33N3O4. The first-order valence-electron chi connectivity index (χ1n) is 12.2. The molecule has 7 nitrogen and oxygen atoms in total. The molecule has 0 amide bonds. The second-order valence-corrected chi connectivity index (χ2v) is 9.25. The molecule has 0 spiro atoms. The number of aryl methyl sites for hydroxylation is 2. The van der Waals surface area contributed by atoms with Gasteiger partial charge in [0.1, 0.15) is 17.6 Å². The van der Waals surface area contributed by atoms with Gasteiger partial charge in [-0.2, -0.15) is 0 Å². The van der Waals surface area contributed by atoms with Gasteiger partial charge < -0.3 is 19.9 Å². The van der Waals surface area contributed by atoms with Crippen LogP contribution in [0.4, 0.5) is 5.82 Å². The van der Waals surface area contributed by atoms with Gasteiger partial charge in [0.2, 0.25) is 0 Å². The highest BCUT2D eigenvalue weighted by atomic mass is 16.5. The summed E-state index contributed by atoms with van der Waals surface area (Å²) in [7, 11) is 0. The summed E-state index contributed by atoms with van der Waals surface area (Å²) in [5.41, 5.74) is 4.34. The quantitative estimate of drug-likeness (QED) is 0.564. The van der Waals surface area contributed by atoms with E-state index in [2.05, 4.69) is 17.4 Å². The van der Waals surface area contributed by atoms with Crippen molar-refractivity contribution in [2.75, 3.05) is 38.2 Å². The molecule has 0 unspecified atom stereocenters. The number of benzene rings is 1. The number of fused-ring (bicyclic) bond motifs is 2. The molecule has 1 aromatic heterocycles. The number of nitrogens with zero attached hydrogens (tertiary/aromatic N) is 2. The van der Waals surface area contributed by atoms with Gasteiger partial charge in [0.25, 0.3) is 0 Å². The number of unbranched alkanes of at least 4 members (excludes halogenated alkanes) is 1. The Morgan fingerprint density at radius 3 is 3.09 bits per heavy atom. The number of nitrogens with one attached hydrogen (secondary N) is 1. The number of hydrogen-bond donors (Lipinski definition) is 2. The van der Waals surface area contributed by atoms with Crippen LogP contribution in [-0.4, -0.2) is 59.9 Å². The minimum absolute atomic E-state index is 0.0793. The Balaban J connectivity index is 1.09. The number of aliphatic carboxylic acids is 1. The zero-order valence-electron chi connectivity index (χ0n) is 19.1. The molecule has 1 saturated heterocycles. The van der Waals surface area contributed by atoms with Crippen LogP contribution in [0.2, 0.25) is 0 Å². The summed E-state index contributed by atoms with van der Waals surface area (Å²) < 4.78 is 11.9. The van der Waals surface area contributed by atoms with Crippen molar-refractivity contribution in [3.8, 4) is 5.75 Å². The van der Waals surface area contributed by atoms with E-state index in [9.17, 15) is 9.90 Å². The third-order valence-electron chi connectivity index (χ3n) is 6.95. The molecule has 4 heterocycles. The van der Waals surface area contributed by atoms with E-state index in [4.69, 9.17) is 14.5 Å². The van der Waals surface area contributed by atoms with Gasteiger partial charge in [-0.05, 0) is 55.7 Å². The fourth-order valence-electron chi connectivity index (χ4n) is 5.23. The molecule has 7 heteroatoms. The fraction of sp³-hybridized carbons (Fsp3) is 0.538. The van der Waals surface area contributed by atoms with Crippen molar-refractivity contribution < 1.29 is 19.4 Å². The maximum Gasteiger partial charge on any atom is 0.325 e. The number of ether oxygens (including phenoxy) is 2. The Morgan fingerprint density at radius 1 is 1.24 bits per heavy atom. The lowest BCUT2D eigenvalue weighted by molar-refractivity contribution is -0.143. The van der Waals surface area contributed by atoms with E-state index in [1.54, 1.807) is 0 Å². The van der Waals surface area contributed by atoms with Crippen molar-refractivity contribution in [2.24, 2.45) is 0 Å². The second kappa shape index (κ2) is 10.1. The predicted octanol–water partition coefficient (Wildman–Crippen LogP) is 3.61. The van der Waals surface area contributed by atoms with Crippen LogP contribution in [-0.2, 0) is 28.8 Å². The molecule has 0 saturated carbocycles. The minimum atomic E-state index is -0.827. The largest absolute Gasteiger partial charge is 0.493 e. The third kappa shape index (κ3) is 4.99. The second-order valence-electron chi connectivity index (χ2n) is 9.25. The Morgan fingerprint density at radius 2 is 2.18 bits per heavy atom. The highest BCUT2D eigenvalue weighted by Crippen LogP contribution is 2.37. The number of rotatable bonds is 9. The number of para-hydroxylation sites is 1. The van der Waals surface area contributed by atoms with Crippen molar-refractivity contribution in [2.45, 2.75) is 57.1 Å². The van der Waals surface area contributed by atoms with Gasteiger partial charge in [-0.15, -0.1) is 0 Å². The van der Waals surface area contributed by atoms with Crippen LogP contribution in [0.25, 0.3) is 0 Å². The number of carboxylic acids is 1. The number of likely N-dealkylation sites (tertiary alicyclic amines) is 1. The molecule has 3 aliphatic rings. The van der Waals surface area contributed by atoms with Gasteiger partial charge in [-0.1, -0.05) is 24.3 Å². The van der Waals surface area contributed by atoms with Gasteiger partial charge in [0, 0.05) is 43.9 Å². The first-order valence-corrected chi connectivity index (χ1v) is 12.2. The van der Waals surface area contributed by atoms with Crippen LogP contribution in [0.3, 0.4) is 0 Å². The Labute approximate surface area is 195 Å². The molecule has 0 radical (unpaired) electrons. The molecule has 176 valence electrons. The monoisotopic (exact) mass is 451 g/mol. The standard InChI is InChI=1S/C26H33N3O4/c30-26(31)23(22-8-3-5-18-12-16-33-24(18)22)29-14-11-21(17-29)32-15-2-1-7-20-10-9-19-6-4-13-27-25(19)28-20/h3,5,8-10,21,23H,1-2,4,6-7,11-17H2,(H,27,28)(H,30,31)/t21-,23+/m1/s1. The van der Waals surface area contributed by atoms with Crippen molar-refractivity contribution in [1.82, 2.24) is 9.88 Å². The van der Waals surface area contributed by atoms with Gasteiger partial charge in [0.15, 0.2) is 0 Å². The van der Waals surface area contributed by atoms with E-state index in [0.717, 1.165) is 80.0 Å². The lowest BCUT2D eigenvalue weighted by atomic mass is 10.0. The average molecular weight is 452 g/mol. The molecule has 2 atom stereocenters. The first kappa shape index (κ1) is 22.2. The fourth-order valence-corrected chi connectivity index (χ4v) is 5.23. The van der Waals surface area contributed by atoms with Gasteiger partial charge >= 0.3 is 5.97 Å². The SMILES string of the molecule is O=C(O)[C@H](c1cccc2c1OCC2)N1CC[C@@H](OCCCCc2ccc3c(n2)NCCC3)C1. The zero-order valence-corrected chi connectivity index (χ0v) is 19.1. The molecule has 0 bridgehead atoms. The van der Waals surface area contributed by atoms with Crippen molar-refractivity contribution in [3.63, 3.8) is 0 Å². The maximum atomic E-state index is 12.2. The van der Waals surface area contributed by atoms with Gasteiger partial charge in [-0.3, -0.25) is 9.69 Å². The first-order chi connectivity index (χ1) is 16.2. The van der Waals surface area contributed by atoms with Crippen LogP contribution >= 0.6 is 0 Å². The molecule has 0 aliphatic carbocycles. The summed E-state index contributed by atoms with van der Waals surface area (Å²) in [5.74, 6) is 0.996. The van der Waals surface area contributed by atoms with Crippen LogP contribution in [0.1, 0.15) is 54.1 Å². The Hall–Kier alpha value is -2.64. The summed E-state index contributed by atoms with van der Waals surface area (Å²) in [4.78, 5) is 19.0. The van der Waals surface area contributed by atoms with Crippen LogP contribution in [0, 0.1) is 0 Å². The number of aromatic nitrogens is 1. The summed E-state index contributed by atoms with van der Waals surface area (Å²) in [6.45, 7) is 3.69. The number of hydrogen-bond acceptors (Lipinski definition) is 6. The molecule has 2 N–H and O–H groups in total. The average Bonchev–Trinajstić information content (AvgIpc) is 3.49. The Bertz CT molecular complexity index is 995. The lowest BCUT2D eigenvalue weighted by Crippen LogP contribution is -2.33. The summed E-state index contributed by atoms with van der Waals surface area (Å²) in [6, 6.07) is 9.53. The molecule has 1 aromatic carbocycles. The number of anilines is 1. The highest BCUT2D eigenvalue weighted by molar-refractivity contribution is 5.77. The number of carbonyl (C=O) groups is 1. The number of carboxylic acid groups (broad SMARTS) is 1. The normalized spacial score (nSPS) is 20.5. The van der Waals surface area contributed by atoms with Crippen molar-refractivity contribution in [3.05, 3.63) is 52.7 Å². The van der Waals surface area contributed by atoms with E-state index in [-0.39, 0.29) is 6.10 Å². The predicted molar refractivity (Wildman–Crippen MR) is 126 cm³/mol. The van der Waals surface area contributed by atoms with Gasteiger partial charge in [-0.25, -0.2) is 4.98 Å². The van der Waals surface area contributed by atoms with E-state index >= 15 is 0 Å². The van der Waals surface area contributed by atoms with Crippen LogP contribution in [0.5, 0.6) is 5.75 Å². The summed E-state index contributed by atoms with van der Waals surface area (Å²) >= 11 is 0. The lowest BCUT2D eigenvalue weighted by Gasteiger charge is -2.26. The number of pyridine rings is 1. The van der Waals surface area contributed by atoms with E-state index in [1.807, 2.05) is 23.1 Å². The smallest absolute Gasteiger partial charge is 0.325 e. The van der Waals surface area contributed by atoms with Crippen molar-refractivity contribution in [1.29, 1.82) is 0 Å². The van der Waals surface area contributed by atoms with E-state index in [0.29, 0.717) is 19.8 Å². The molecule has 1 fully saturated rings. The van der Waals surface area contributed by atoms with E-state index < -0.39 is 12.0 Å². The summed E-state index contributed by atoms with van der Waals surface area (Å²) in [5, 5.41) is 13.4. The molecular weight excluding hydrogens is 418 g/mol. The molecule has 2 aromatic rings. The topological polar surface area (TPSA) is 83.9 Å². The van der Waals surface area contributed by atoms with E-state index in [1.165, 1.54) is 12.0 Å². The van der Waals surface area contributed by atoms with Crippen LogP contribution < -0.4 is 10.1 Å². The van der Waals surface area contributed by atoms with Gasteiger partial charge in [0.05, 0.1) is 12.7 Å². The molecule has 3 aliphatic heterocycles. The van der Waals surface area contributed by atoms with Crippen LogP contribution in [0.15, 0.2) is 30.3 Å². The molecule has 33 heavy (non-hydrogen) atoms. The maximum absolute atomic E-state index is 12.2. The highest BCUT2D eigenvalue weighted by Gasteiger charge is 2.36. The Kier molecular flexibility index (Phi) is 6.78. The zero-order chi connectivity index (χ0) is 22.6. The minimum Gasteiger partial charge on any atom is -0.493 e. The summed E-state index contributed by atoms with van der Waals surface area (Å²) in [6.07, 6.45) is 7.04.